The number of ether oxygens (including phenoxy) is 2. The molecule has 0 saturated carbocycles. The standard InChI is InChI=1S/C17H19N3O4S2/c1-5-24-15(22)13-10(3)18-17(26-13)20-16(25)19-14(21)11-8-6-7-9(2)12(11)23-4/h6-8H,5H2,1-4H3,(H2,18,19,20,21,25). The highest BCUT2D eigenvalue weighted by atomic mass is 32.1. The lowest BCUT2D eigenvalue weighted by atomic mass is 10.1. The van der Waals surface area contributed by atoms with Crippen molar-refractivity contribution in [2.24, 2.45) is 0 Å². The minimum atomic E-state index is -0.435. The van der Waals surface area contributed by atoms with Crippen LogP contribution in [0.5, 0.6) is 5.75 Å². The van der Waals surface area contributed by atoms with E-state index < -0.39 is 11.9 Å². The van der Waals surface area contributed by atoms with Crippen molar-refractivity contribution >= 4 is 45.7 Å². The Hall–Kier alpha value is -2.52. The molecule has 138 valence electrons. The quantitative estimate of drug-likeness (QED) is 0.596. The first kappa shape index (κ1) is 19.8. The summed E-state index contributed by atoms with van der Waals surface area (Å²) in [5, 5.41) is 5.86. The molecule has 1 heterocycles. The zero-order chi connectivity index (χ0) is 19.3. The van der Waals surface area contributed by atoms with E-state index in [1.165, 1.54) is 7.11 Å². The number of hydrogen-bond donors (Lipinski definition) is 2. The van der Waals surface area contributed by atoms with Crippen LogP contribution in [-0.4, -0.2) is 35.7 Å². The number of carbonyl (C=O) groups excluding carboxylic acids is 2. The van der Waals surface area contributed by atoms with Crippen LogP contribution in [0.2, 0.25) is 0 Å². The number of rotatable bonds is 5. The molecule has 1 amide bonds. The third-order valence-corrected chi connectivity index (χ3v) is 4.62. The molecule has 26 heavy (non-hydrogen) atoms. The largest absolute Gasteiger partial charge is 0.496 e. The number of amides is 1. The van der Waals surface area contributed by atoms with Crippen molar-refractivity contribution in [2.45, 2.75) is 20.8 Å². The SMILES string of the molecule is CCOC(=O)c1sc(NC(=S)NC(=O)c2cccc(C)c2OC)nc1C. The Morgan fingerprint density at radius 1 is 1.31 bits per heavy atom. The van der Waals surface area contributed by atoms with Gasteiger partial charge in [0.15, 0.2) is 10.2 Å². The maximum atomic E-state index is 12.4. The second-order valence-corrected chi connectivity index (χ2v) is 6.63. The Bertz CT molecular complexity index is 849. The van der Waals surface area contributed by atoms with Crippen LogP contribution in [-0.2, 0) is 4.74 Å². The van der Waals surface area contributed by atoms with Gasteiger partial charge in [0.1, 0.15) is 10.6 Å². The summed E-state index contributed by atoms with van der Waals surface area (Å²) in [6.45, 7) is 5.57. The highest BCUT2D eigenvalue weighted by molar-refractivity contribution is 7.80. The van der Waals surface area contributed by atoms with E-state index >= 15 is 0 Å². The molecule has 0 aliphatic carbocycles. The molecule has 0 aliphatic rings. The van der Waals surface area contributed by atoms with Crippen LogP contribution in [0.1, 0.15) is 38.2 Å². The van der Waals surface area contributed by atoms with E-state index in [-0.39, 0.29) is 11.7 Å². The molecule has 1 aromatic heterocycles. The topological polar surface area (TPSA) is 89.6 Å². The molecule has 2 N–H and O–H groups in total. The van der Waals surface area contributed by atoms with E-state index in [0.717, 1.165) is 16.9 Å². The van der Waals surface area contributed by atoms with Crippen molar-refractivity contribution in [3.63, 3.8) is 0 Å². The Labute approximate surface area is 160 Å². The van der Waals surface area contributed by atoms with Crippen LogP contribution in [0.15, 0.2) is 18.2 Å². The fourth-order valence-electron chi connectivity index (χ4n) is 2.24. The number of para-hydroxylation sites is 1. The van der Waals surface area contributed by atoms with Crippen LogP contribution >= 0.6 is 23.6 Å². The lowest BCUT2D eigenvalue weighted by Crippen LogP contribution is -2.34. The van der Waals surface area contributed by atoms with Crippen molar-refractivity contribution in [3.8, 4) is 5.75 Å². The summed E-state index contributed by atoms with van der Waals surface area (Å²) in [7, 11) is 1.50. The Morgan fingerprint density at radius 3 is 2.69 bits per heavy atom. The number of aromatic nitrogens is 1. The fourth-order valence-corrected chi connectivity index (χ4v) is 3.36. The van der Waals surface area contributed by atoms with Gasteiger partial charge >= 0.3 is 5.97 Å². The van der Waals surface area contributed by atoms with Crippen molar-refractivity contribution in [2.75, 3.05) is 19.0 Å². The Balaban J connectivity index is 2.08. The molecule has 0 radical (unpaired) electrons. The third-order valence-electron chi connectivity index (χ3n) is 3.37. The van der Waals surface area contributed by atoms with Crippen molar-refractivity contribution in [1.29, 1.82) is 0 Å². The fraction of sp³-hybridized carbons (Fsp3) is 0.294. The predicted octanol–water partition coefficient (Wildman–Crippen LogP) is 3.07. The molecule has 0 spiro atoms. The predicted molar refractivity (Wildman–Crippen MR) is 104 cm³/mol. The number of methoxy groups -OCH3 is 1. The molecule has 7 nitrogen and oxygen atoms in total. The number of thiazole rings is 1. The molecular weight excluding hydrogens is 374 g/mol. The van der Waals surface area contributed by atoms with Gasteiger partial charge in [-0.25, -0.2) is 9.78 Å². The van der Waals surface area contributed by atoms with Gasteiger partial charge in [-0.2, -0.15) is 0 Å². The number of benzene rings is 1. The number of nitrogens with zero attached hydrogens (tertiary/aromatic N) is 1. The summed E-state index contributed by atoms with van der Waals surface area (Å²) in [5.74, 6) is -0.348. The van der Waals surface area contributed by atoms with Crippen LogP contribution in [0.3, 0.4) is 0 Å². The number of aryl methyl sites for hydroxylation is 2. The summed E-state index contributed by atoms with van der Waals surface area (Å²) in [6.07, 6.45) is 0. The molecule has 0 unspecified atom stereocenters. The lowest BCUT2D eigenvalue weighted by molar-refractivity contribution is 0.0531. The smallest absolute Gasteiger partial charge is 0.350 e. The Kier molecular flexibility index (Phi) is 6.64. The van der Waals surface area contributed by atoms with Gasteiger partial charge in [0.2, 0.25) is 0 Å². The molecule has 1 aromatic carbocycles. The minimum absolute atomic E-state index is 0.0720. The minimum Gasteiger partial charge on any atom is -0.496 e. The van der Waals surface area contributed by atoms with Gasteiger partial charge < -0.3 is 14.8 Å². The molecular formula is C17H19N3O4S2. The van der Waals surface area contributed by atoms with Gasteiger partial charge in [0.05, 0.1) is 25.0 Å². The number of thiocarbonyl (C=S) groups is 1. The van der Waals surface area contributed by atoms with Gasteiger partial charge in [-0.1, -0.05) is 23.5 Å². The van der Waals surface area contributed by atoms with E-state index in [1.807, 2.05) is 13.0 Å². The second-order valence-electron chi connectivity index (χ2n) is 5.22. The van der Waals surface area contributed by atoms with E-state index in [4.69, 9.17) is 21.7 Å². The van der Waals surface area contributed by atoms with Gasteiger partial charge in [-0.05, 0) is 44.6 Å². The Morgan fingerprint density at radius 2 is 2.04 bits per heavy atom. The summed E-state index contributed by atoms with van der Waals surface area (Å²) < 4.78 is 10.3. The first-order valence-electron chi connectivity index (χ1n) is 7.77. The molecule has 0 aliphatic heterocycles. The normalized spacial score (nSPS) is 10.2. The number of anilines is 1. The third kappa shape index (κ3) is 4.55. The number of esters is 1. The first-order valence-corrected chi connectivity index (χ1v) is 9.00. The van der Waals surface area contributed by atoms with E-state index in [1.54, 1.807) is 26.0 Å². The first-order chi connectivity index (χ1) is 12.4. The second kappa shape index (κ2) is 8.72. The van der Waals surface area contributed by atoms with Crippen LogP contribution in [0, 0.1) is 13.8 Å². The summed E-state index contributed by atoms with van der Waals surface area (Å²) in [6, 6.07) is 5.26. The molecule has 2 rings (SSSR count). The monoisotopic (exact) mass is 393 g/mol. The molecule has 2 aromatic rings. The van der Waals surface area contributed by atoms with Gasteiger partial charge in [-0.3, -0.25) is 10.1 Å². The van der Waals surface area contributed by atoms with Gasteiger partial charge in [0.25, 0.3) is 5.91 Å². The maximum absolute atomic E-state index is 12.4. The van der Waals surface area contributed by atoms with E-state index in [2.05, 4.69) is 15.6 Å². The zero-order valence-corrected chi connectivity index (χ0v) is 16.5. The number of carbonyl (C=O) groups is 2. The van der Waals surface area contributed by atoms with Gasteiger partial charge in [0, 0.05) is 0 Å². The zero-order valence-electron chi connectivity index (χ0n) is 14.8. The van der Waals surface area contributed by atoms with Crippen molar-refractivity contribution in [3.05, 3.63) is 39.9 Å². The highest BCUT2D eigenvalue weighted by Gasteiger charge is 2.18. The summed E-state index contributed by atoms with van der Waals surface area (Å²) in [5.41, 5.74) is 1.75. The number of hydrogen-bond acceptors (Lipinski definition) is 7. The lowest BCUT2D eigenvalue weighted by Gasteiger charge is -2.12. The summed E-state index contributed by atoms with van der Waals surface area (Å²) in [4.78, 5) is 28.9. The van der Waals surface area contributed by atoms with E-state index in [9.17, 15) is 9.59 Å². The van der Waals surface area contributed by atoms with Gasteiger partial charge in [-0.15, -0.1) is 0 Å². The molecule has 0 bridgehead atoms. The van der Waals surface area contributed by atoms with Crippen molar-refractivity contribution < 1.29 is 19.1 Å². The van der Waals surface area contributed by atoms with Crippen LogP contribution < -0.4 is 15.4 Å². The molecule has 0 fully saturated rings. The van der Waals surface area contributed by atoms with Crippen LogP contribution in [0.4, 0.5) is 5.13 Å². The van der Waals surface area contributed by atoms with E-state index in [0.29, 0.717) is 27.0 Å². The average Bonchev–Trinajstić information content (AvgIpc) is 2.94. The molecule has 9 heteroatoms. The van der Waals surface area contributed by atoms with Crippen molar-refractivity contribution in [1.82, 2.24) is 10.3 Å². The number of nitrogens with one attached hydrogen (secondary N) is 2. The summed E-state index contributed by atoms with van der Waals surface area (Å²) >= 11 is 6.27. The molecule has 0 saturated heterocycles. The average molecular weight is 393 g/mol. The maximum Gasteiger partial charge on any atom is 0.350 e. The van der Waals surface area contributed by atoms with Crippen LogP contribution in [0.25, 0.3) is 0 Å². The molecule has 0 atom stereocenters. The highest BCUT2D eigenvalue weighted by Crippen LogP contribution is 2.24.